The summed E-state index contributed by atoms with van der Waals surface area (Å²) >= 11 is 0. The van der Waals surface area contributed by atoms with Crippen molar-refractivity contribution in [3.63, 3.8) is 0 Å². The van der Waals surface area contributed by atoms with Crippen LogP contribution < -0.4 is 5.32 Å². The van der Waals surface area contributed by atoms with Crippen molar-refractivity contribution in [1.82, 2.24) is 5.32 Å². The smallest absolute Gasteiger partial charge is 0.327 e. The Morgan fingerprint density at radius 2 is 1.90 bits per heavy atom. The van der Waals surface area contributed by atoms with E-state index in [0.29, 0.717) is 0 Å². The van der Waals surface area contributed by atoms with Crippen molar-refractivity contribution in [3.8, 4) is 0 Å². The van der Waals surface area contributed by atoms with Gasteiger partial charge in [0.2, 0.25) is 0 Å². The van der Waals surface area contributed by atoms with Gasteiger partial charge in [0.15, 0.2) is 0 Å². The second kappa shape index (κ2) is 7.50. The summed E-state index contributed by atoms with van der Waals surface area (Å²) in [6.07, 6.45) is 6.38. The zero-order chi connectivity index (χ0) is 15.2. The molecular formula is C16H21F2NO2. The van der Waals surface area contributed by atoms with E-state index in [1.807, 2.05) is 0 Å². The highest BCUT2D eigenvalue weighted by Crippen LogP contribution is 2.24. The van der Waals surface area contributed by atoms with Gasteiger partial charge in [-0.3, -0.25) is 5.32 Å². The number of hydrogen-bond donors (Lipinski definition) is 1. The third kappa shape index (κ3) is 4.24. The Bertz CT molecular complexity index is 485. The summed E-state index contributed by atoms with van der Waals surface area (Å²) in [5, 5.41) is 3.15. The average Bonchev–Trinajstić information content (AvgIpc) is 2.75. The molecule has 21 heavy (non-hydrogen) atoms. The molecule has 0 bridgehead atoms. The lowest BCUT2D eigenvalue weighted by Crippen LogP contribution is -2.38. The van der Waals surface area contributed by atoms with Gasteiger partial charge in [0.1, 0.15) is 17.7 Å². The molecule has 1 aliphatic rings. The minimum Gasteiger partial charge on any atom is -0.468 e. The molecule has 2 rings (SSSR count). The fourth-order valence-electron chi connectivity index (χ4n) is 2.82. The van der Waals surface area contributed by atoms with E-state index in [0.717, 1.165) is 43.9 Å². The second-order valence-corrected chi connectivity index (χ2v) is 5.48. The summed E-state index contributed by atoms with van der Waals surface area (Å²) in [6, 6.07) is 2.29. The second-order valence-electron chi connectivity index (χ2n) is 5.48. The topological polar surface area (TPSA) is 38.3 Å². The van der Waals surface area contributed by atoms with Crippen LogP contribution in [-0.2, 0) is 9.53 Å². The molecule has 0 radical (unpaired) electrons. The Morgan fingerprint density at radius 3 is 2.52 bits per heavy atom. The minimum atomic E-state index is -0.964. The average molecular weight is 297 g/mol. The molecule has 1 atom stereocenters. The predicted octanol–water partition coefficient (Wildman–Crippen LogP) is 3.49. The lowest BCUT2D eigenvalue weighted by Gasteiger charge is -2.24. The van der Waals surface area contributed by atoms with Crippen LogP contribution >= 0.6 is 0 Å². The Kier molecular flexibility index (Phi) is 5.67. The van der Waals surface area contributed by atoms with Crippen molar-refractivity contribution >= 4 is 5.97 Å². The summed E-state index contributed by atoms with van der Waals surface area (Å²) in [4.78, 5) is 12.0. The molecule has 0 heterocycles. The number of nitrogens with one attached hydrogen (secondary N) is 1. The summed E-state index contributed by atoms with van der Waals surface area (Å²) in [7, 11) is 1.25. The van der Waals surface area contributed by atoms with Gasteiger partial charge < -0.3 is 4.74 Å². The van der Waals surface area contributed by atoms with Gasteiger partial charge in [-0.1, -0.05) is 25.7 Å². The van der Waals surface area contributed by atoms with Crippen LogP contribution in [0.2, 0.25) is 0 Å². The van der Waals surface area contributed by atoms with Crippen LogP contribution in [0.25, 0.3) is 0 Å². The molecule has 1 aromatic rings. The first-order valence-electron chi connectivity index (χ1n) is 7.40. The van der Waals surface area contributed by atoms with Crippen LogP contribution in [0.4, 0.5) is 8.78 Å². The molecule has 0 aliphatic heterocycles. The third-order valence-electron chi connectivity index (χ3n) is 3.96. The summed E-state index contributed by atoms with van der Waals surface area (Å²) in [6.45, 7) is 0. The summed E-state index contributed by atoms with van der Waals surface area (Å²) in [5.41, 5.74) is 0.00565. The van der Waals surface area contributed by atoms with Gasteiger partial charge >= 0.3 is 5.97 Å². The number of methoxy groups -OCH3 is 1. The molecule has 1 N–H and O–H groups in total. The summed E-state index contributed by atoms with van der Waals surface area (Å²) < 4.78 is 32.1. The zero-order valence-corrected chi connectivity index (χ0v) is 12.2. The summed E-state index contributed by atoms with van der Waals surface area (Å²) in [5.74, 6) is -1.76. The van der Waals surface area contributed by atoms with Crippen LogP contribution in [0.15, 0.2) is 18.2 Å². The van der Waals surface area contributed by atoms with Crippen LogP contribution in [0.1, 0.15) is 50.1 Å². The molecule has 1 unspecified atom stereocenters. The van der Waals surface area contributed by atoms with E-state index in [2.05, 4.69) is 5.32 Å². The van der Waals surface area contributed by atoms with Gasteiger partial charge in [-0.2, -0.15) is 0 Å². The largest absolute Gasteiger partial charge is 0.468 e. The molecule has 3 nitrogen and oxygen atoms in total. The number of benzene rings is 1. The molecular weight excluding hydrogens is 276 g/mol. The van der Waals surface area contributed by atoms with Crippen LogP contribution in [-0.4, -0.2) is 19.1 Å². The van der Waals surface area contributed by atoms with E-state index >= 15 is 0 Å². The molecule has 0 aromatic heterocycles. The Balaban J connectivity index is 2.21. The SMILES string of the molecule is COC(=O)C(NC1CCCCCC1)c1cc(F)ccc1F. The molecule has 5 heteroatoms. The lowest BCUT2D eigenvalue weighted by atomic mass is 10.0. The number of carbonyl (C=O) groups is 1. The standard InChI is InChI=1S/C16H21F2NO2/c1-21-16(20)15(13-10-11(17)8-9-14(13)18)19-12-6-4-2-3-5-7-12/h8-10,12,15,19H,2-7H2,1H3. The number of rotatable bonds is 4. The number of ether oxygens (including phenoxy) is 1. The van der Waals surface area contributed by atoms with E-state index in [1.54, 1.807) is 0 Å². The van der Waals surface area contributed by atoms with Crippen LogP contribution in [0, 0.1) is 11.6 Å². The monoisotopic (exact) mass is 297 g/mol. The zero-order valence-electron chi connectivity index (χ0n) is 12.2. The molecule has 1 fully saturated rings. The van der Waals surface area contributed by atoms with Crippen molar-refractivity contribution < 1.29 is 18.3 Å². The van der Waals surface area contributed by atoms with Crippen molar-refractivity contribution in [2.24, 2.45) is 0 Å². The van der Waals surface area contributed by atoms with Gasteiger partial charge in [0, 0.05) is 11.6 Å². The van der Waals surface area contributed by atoms with E-state index < -0.39 is 23.6 Å². The van der Waals surface area contributed by atoms with E-state index in [-0.39, 0.29) is 11.6 Å². The van der Waals surface area contributed by atoms with Gasteiger partial charge in [-0.15, -0.1) is 0 Å². The number of esters is 1. The molecule has 0 spiro atoms. The first kappa shape index (κ1) is 15.9. The maximum Gasteiger partial charge on any atom is 0.327 e. The first-order valence-corrected chi connectivity index (χ1v) is 7.40. The molecule has 1 aromatic carbocycles. The van der Waals surface area contributed by atoms with E-state index in [4.69, 9.17) is 4.74 Å². The lowest BCUT2D eigenvalue weighted by molar-refractivity contribution is -0.143. The highest BCUT2D eigenvalue weighted by molar-refractivity contribution is 5.77. The molecule has 1 saturated carbocycles. The minimum absolute atomic E-state index is 0.00565. The Hall–Kier alpha value is -1.49. The fraction of sp³-hybridized carbons (Fsp3) is 0.562. The maximum absolute atomic E-state index is 13.9. The van der Waals surface area contributed by atoms with Gasteiger partial charge in [0.25, 0.3) is 0 Å². The van der Waals surface area contributed by atoms with Crippen molar-refractivity contribution in [3.05, 3.63) is 35.4 Å². The van der Waals surface area contributed by atoms with Crippen LogP contribution in [0.5, 0.6) is 0 Å². The van der Waals surface area contributed by atoms with E-state index in [1.165, 1.54) is 20.0 Å². The molecule has 1 aliphatic carbocycles. The predicted molar refractivity (Wildman–Crippen MR) is 75.7 cm³/mol. The molecule has 0 amide bonds. The third-order valence-corrected chi connectivity index (χ3v) is 3.96. The van der Waals surface area contributed by atoms with Gasteiger partial charge in [-0.25, -0.2) is 13.6 Å². The molecule has 0 saturated heterocycles. The highest BCUT2D eigenvalue weighted by atomic mass is 19.1. The number of carbonyl (C=O) groups excluding carboxylic acids is 1. The maximum atomic E-state index is 13.9. The molecule has 116 valence electrons. The Labute approximate surface area is 123 Å². The Morgan fingerprint density at radius 1 is 1.24 bits per heavy atom. The van der Waals surface area contributed by atoms with Crippen molar-refractivity contribution in [1.29, 1.82) is 0 Å². The van der Waals surface area contributed by atoms with Crippen molar-refractivity contribution in [2.75, 3.05) is 7.11 Å². The normalized spacial score (nSPS) is 18.0. The highest BCUT2D eigenvalue weighted by Gasteiger charge is 2.28. The van der Waals surface area contributed by atoms with Gasteiger partial charge in [-0.05, 0) is 31.0 Å². The van der Waals surface area contributed by atoms with E-state index in [9.17, 15) is 13.6 Å². The number of hydrogen-bond acceptors (Lipinski definition) is 3. The van der Waals surface area contributed by atoms with Crippen LogP contribution in [0.3, 0.4) is 0 Å². The first-order chi connectivity index (χ1) is 10.1. The van der Waals surface area contributed by atoms with Crippen molar-refractivity contribution in [2.45, 2.75) is 50.6 Å². The fourth-order valence-corrected chi connectivity index (χ4v) is 2.82. The number of halogens is 2. The quantitative estimate of drug-likeness (QED) is 0.683. The van der Waals surface area contributed by atoms with Gasteiger partial charge in [0.05, 0.1) is 7.11 Å².